The van der Waals surface area contributed by atoms with Crippen LogP contribution in [-0.2, 0) is 12.4 Å². The molecule has 0 aliphatic rings. The molecule has 2 aromatic heterocycles. The summed E-state index contributed by atoms with van der Waals surface area (Å²) in [5.74, 6) is -1.18. The standard InChI is InChI=1S/C12H8ClF2N3S/c13-5-9-17-8-2-1-7(14)11(15)12(8)18(9)6-10-16-3-4-19-10/h1-4H,5-6H2. The van der Waals surface area contributed by atoms with Crippen molar-refractivity contribution in [1.82, 2.24) is 14.5 Å². The van der Waals surface area contributed by atoms with Crippen molar-refractivity contribution in [2.75, 3.05) is 0 Å². The van der Waals surface area contributed by atoms with Gasteiger partial charge in [0, 0.05) is 11.6 Å². The molecule has 3 aromatic rings. The summed E-state index contributed by atoms with van der Waals surface area (Å²) in [6, 6.07) is 2.51. The van der Waals surface area contributed by atoms with E-state index in [1.54, 1.807) is 10.8 Å². The Hall–Kier alpha value is -1.53. The molecule has 0 radical (unpaired) electrons. The fourth-order valence-corrected chi connectivity index (χ4v) is 2.75. The van der Waals surface area contributed by atoms with Gasteiger partial charge < -0.3 is 4.57 Å². The summed E-state index contributed by atoms with van der Waals surface area (Å²) in [6.45, 7) is 0.330. The van der Waals surface area contributed by atoms with Gasteiger partial charge in [0.15, 0.2) is 11.6 Å². The SMILES string of the molecule is Fc1ccc2nc(CCl)n(Cc3nccs3)c2c1F. The van der Waals surface area contributed by atoms with Gasteiger partial charge >= 0.3 is 0 Å². The van der Waals surface area contributed by atoms with Crippen molar-refractivity contribution in [3.63, 3.8) is 0 Å². The van der Waals surface area contributed by atoms with Crippen LogP contribution in [0.5, 0.6) is 0 Å². The molecule has 0 aliphatic heterocycles. The molecule has 2 heterocycles. The number of benzene rings is 1. The Balaban J connectivity index is 2.22. The molecule has 98 valence electrons. The van der Waals surface area contributed by atoms with Crippen LogP contribution in [0.3, 0.4) is 0 Å². The first kappa shape index (κ1) is 12.5. The number of thiazole rings is 1. The number of fused-ring (bicyclic) bond motifs is 1. The minimum atomic E-state index is -0.905. The summed E-state index contributed by atoms with van der Waals surface area (Å²) in [7, 11) is 0. The first-order chi connectivity index (χ1) is 9.20. The number of hydrogen-bond donors (Lipinski definition) is 0. The molecule has 0 unspecified atom stereocenters. The van der Waals surface area contributed by atoms with Crippen LogP contribution in [0.4, 0.5) is 8.78 Å². The zero-order valence-electron chi connectivity index (χ0n) is 9.61. The fraction of sp³-hybridized carbons (Fsp3) is 0.167. The number of halogens is 3. The average Bonchev–Trinajstić information content (AvgIpc) is 3.02. The van der Waals surface area contributed by atoms with Gasteiger partial charge in [0.05, 0.1) is 17.9 Å². The summed E-state index contributed by atoms with van der Waals surface area (Å²) in [6.07, 6.45) is 1.66. The Morgan fingerprint density at radius 1 is 1.32 bits per heavy atom. The first-order valence-corrected chi connectivity index (χ1v) is 6.89. The van der Waals surface area contributed by atoms with E-state index in [9.17, 15) is 8.78 Å². The summed E-state index contributed by atoms with van der Waals surface area (Å²) in [5, 5.41) is 2.61. The van der Waals surface area contributed by atoms with Crippen LogP contribution in [-0.4, -0.2) is 14.5 Å². The fourth-order valence-electron chi connectivity index (χ4n) is 1.94. The van der Waals surface area contributed by atoms with Gasteiger partial charge in [-0.1, -0.05) is 0 Å². The van der Waals surface area contributed by atoms with Crippen molar-refractivity contribution in [2.24, 2.45) is 0 Å². The van der Waals surface area contributed by atoms with E-state index < -0.39 is 11.6 Å². The van der Waals surface area contributed by atoms with E-state index in [-0.39, 0.29) is 11.4 Å². The lowest BCUT2D eigenvalue weighted by atomic mass is 10.3. The number of aromatic nitrogens is 3. The van der Waals surface area contributed by atoms with Crippen LogP contribution in [0.2, 0.25) is 0 Å². The summed E-state index contributed by atoms with van der Waals surface area (Å²) >= 11 is 7.26. The number of imidazole rings is 1. The minimum Gasteiger partial charge on any atom is -0.318 e. The van der Waals surface area contributed by atoms with Crippen molar-refractivity contribution < 1.29 is 8.78 Å². The topological polar surface area (TPSA) is 30.7 Å². The molecule has 3 rings (SSSR count). The lowest BCUT2D eigenvalue weighted by Crippen LogP contribution is -2.05. The zero-order chi connectivity index (χ0) is 13.4. The van der Waals surface area contributed by atoms with E-state index in [4.69, 9.17) is 11.6 Å². The van der Waals surface area contributed by atoms with Gasteiger partial charge in [0.25, 0.3) is 0 Å². The van der Waals surface area contributed by atoms with Gasteiger partial charge in [0.1, 0.15) is 16.3 Å². The van der Waals surface area contributed by atoms with Gasteiger partial charge in [0.2, 0.25) is 0 Å². The van der Waals surface area contributed by atoms with E-state index in [1.807, 2.05) is 5.38 Å². The Labute approximate surface area is 116 Å². The van der Waals surface area contributed by atoms with Crippen LogP contribution in [0.25, 0.3) is 11.0 Å². The molecule has 0 saturated heterocycles. The number of nitrogens with zero attached hydrogens (tertiary/aromatic N) is 3. The third kappa shape index (κ3) is 2.11. The van der Waals surface area contributed by atoms with Gasteiger partial charge in [-0.2, -0.15) is 0 Å². The monoisotopic (exact) mass is 299 g/mol. The Morgan fingerprint density at radius 2 is 2.16 bits per heavy atom. The Kier molecular flexibility index (Phi) is 3.20. The highest BCUT2D eigenvalue weighted by Crippen LogP contribution is 2.24. The molecule has 0 atom stereocenters. The molecular weight excluding hydrogens is 292 g/mol. The van der Waals surface area contributed by atoms with Crippen LogP contribution >= 0.6 is 22.9 Å². The zero-order valence-corrected chi connectivity index (χ0v) is 11.2. The lowest BCUT2D eigenvalue weighted by molar-refractivity contribution is 0.512. The van der Waals surface area contributed by atoms with Crippen LogP contribution < -0.4 is 0 Å². The van der Waals surface area contributed by atoms with Crippen molar-refractivity contribution in [2.45, 2.75) is 12.4 Å². The molecule has 0 spiro atoms. The maximum atomic E-state index is 13.9. The van der Waals surface area contributed by atoms with Crippen molar-refractivity contribution in [1.29, 1.82) is 0 Å². The third-order valence-electron chi connectivity index (χ3n) is 2.78. The number of rotatable bonds is 3. The number of alkyl halides is 1. The van der Waals surface area contributed by atoms with Crippen LogP contribution in [0.1, 0.15) is 10.8 Å². The normalized spacial score (nSPS) is 11.3. The highest BCUT2D eigenvalue weighted by atomic mass is 35.5. The van der Waals surface area contributed by atoms with E-state index in [0.717, 1.165) is 11.1 Å². The highest BCUT2D eigenvalue weighted by molar-refractivity contribution is 7.09. The summed E-state index contributed by atoms with van der Waals surface area (Å²) < 4.78 is 28.9. The second-order valence-corrected chi connectivity index (χ2v) is 5.15. The van der Waals surface area contributed by atoms with E-state index in [0.29, 0.717) is 17.9 Å². The minimum absolute atomic E-state index is 0.126. The van der Waals surface area contributed by atoms with Gasteiger partial charge in [-0.3, -0.25) is 0 Å². The molecular formula is C12H8ClF2N3S. The van der Waals surface area contributed by atoms with Gasteiger partial charge in [-0.05, 0) is 12.1 Å². The molecule has 0 saturated carbocycles. The quantitative estimate of drug-likeness (QED) is 0.692. The molecule has 1 aromatic carbocycles. The Bertz CT molecular complexity index is 724. The second kappa shape index (κ2) is 4.86. The maximum absolute atomic E-state index is 13.9. The van der Waals surface area contributed by atoms with E-state index in [2.05, 4.69) is 9.97 Å². The molecule has 0 aliphatic carbocycles. The van der Waals surface area contributed by atoms with E-state index >= 15 is 0 Å². The highest BCUT2D eigenvalue weighted by Gasteiger charge is 2.17. The lowest BCUT2D eigenvalue weighted by Gasteiger charge is -2.06. The maximum Gasteiger partial charge on any atom is 0.184 e. The third-order valence-corrected chi connectivity index (χ3v) is 3.78. The van der Waals surface area contributed by atoms with Gasteiger partial charge in [-0.25, -0.2) is 18.7 Å². The Morgan fingerprint density at radius 3 is 2.84 bits per heavy atom. The van der Waals surface area contributed by atoms with Crippen molar-refractivity contribution in [3.05, 3.63) is 46.2 Å². The largest absolute Gasteiger partial charge is 0.318 e. The molecule has 0 amide bonds. The van der Waals surface area contributed by atoms with Crippen molar-refractivity contribution >= 4 is 34.0 Å². The molecule has 3 nitrogen and oxygen atoms in total. The summed E-state index contributed by atoms with van der Waals surface area (Å²) in [5.41, 5.74) is 0.525. The van der Waals surface area contributed by atoms with Crippen LogP contribution in [0, 0.1) is 11.6 Å². The summed E-state index contributed by atoms with van der Waals surface area (Å²) in [4.78, 5) is 8.35. The predicted molar refractivity (Wildman–Crippen MR) is 70.4 cm³/mol. The first-order valence-electron chi connectivity index (χ1n) is 5.48. The number of hydrogen-bond acceptors (Lipinski definition) is 3. The molecule has 0 N–H and O–H groups in total. The smallest absolute Gasteiger partial charge is 0.184 e. The van der Waals surface area contributed by atoms with Crippen LogP contribution in [0.15, 0.2) is 23.7 Å². The van der Waals surface area contributed by atoms with Crippen molar-refractivity contribution in [3.8, 4) is 0 Å². The molecule has 0 bridgehead atoms. The second-order valence-electron chi connectivity index (χ2n) is 3.90. The predicted octanol–water partition coefficient (Wildman–Crippen LogP) is 3.56. The molecule has 0 fully saturated rings. The molecule has 7 heteroatoms. The average molecular weight is 300 g/mol. The van der Waals surface area contributed by atoms with E-state index in [1.165, 1.54) is 17.4 Å². The van der Waals surface area contributed by atoms with Gasteiger partial charge in [-0.15, -0.1) is 22.9 Å². The molecule has 19 heavy (non-hydrogen) atoms.